The Hall–Kier alpha value is -2.72. The minimum Gasteiger partial charge on any atom is -0.469 e. The van der Waals surface area contributed by atoms with Gasteiger partial charge in [-0.3, -0.25) is 4.90 Å². The van der Waals surface area contributed by atoms with Crippen molar-refractivity contribution in [3.8, 4) is 18.0 Å². The molecule has 0 aliphatic carbocycles. The molecule has 1 fully saturated rings. The average molecular weight is 468 g/mol. The van der Waals surface area contributed by atoms with Crippen molar-refractivity contribution in [3.05, 3.63) is 45.5 Å². The summed E-state index contributed by atoms with van der Waals surface area (Å²) >= 11 is 6.18. The van der Waals surface area contributed by atoms with Gasteiger partial charge in [0.15, 0.2) is 0 Å². The molecule has 2 aromatic rings. The van der Waals surface area contributed by atoms with Crippen LogP contribution in [0.15, 0.2) is 12.1 Å². The Morgan fingerprint density at radius 2 is 2.06 bits per heavy atom. The number of fused-ring (bicyclic) bond motifs is 1. The molecule has 0 aromatic carbocycles. The number of aromatic nitrogens is 2. The summed E-state index contributed by atoms with van der Waals surface area (Å²) in [5.41, 5.74) is 0.883. The lowest BCUT2D eigenvalue weighted by Gasteiger charge is -2.42. The molecule has 0 atom stereocenters. The molecule has 162 valence electrons. The minimum atomic E-state index is -1.98. The average Bonchev–Trinajstić information content (AvgIpc) is 2.73. The van der Waals surface area contributed by atoms with Gasteiger partial charge in [-0.05, 0) is 18.2 Å². The lowest BCUT2D eigenvalue weighted by molar-refractivity contribution is -0.0815. The van der Waals surface area contributed by atoms with Gasteiger partial charge in [0.1, 0.15) is 38.8 Å². The highest BCUT2D eigenvalue weighted by molar-refractivity contribution is 6.44. The molecule has 2 aromatic heterocycles. The monoisotopic (exact) mass is 468 g/mol. The Balaban J connectivity index is 1.65. The van der Waals surface area contributed by atoms with Crippen LogP contribution in [-0.4, -0.2) is 77.5 Å². The first-order valence-electron chi connectivity index (χ1n) is 10.1. The predicted octanol–water partition coefficient (Wildman–Crippen LogP) is 0.350. The molecule has 8 nitrogen and oxygen atoms in total. The highest BCUT2D eigenvalue weighted by Gasteiger charge is 2.37. The second-order valence-electron chi connectivity index (χ2n) is 8.26. The summed E-state index contributed by atoms with van der Waals surface area (Å²) in [6.45, 7) is 1.14. The van der Waals surface area contributed by atoms with E-state index in [1.807, 2.05) is 6.07 Å². The maximum atomic E-state index is 14.7. The third-order valence-corrected chi connectivity index (χ3v) is 5.67. The van der Waals surface area contributed by atoms with E-state index in [-0.39, 0.29) is 59.3 Å². The van der Waals surface area contributed by atoms with Crippen LogP contribution in [-0.2, 0) is 23.0 Å². The van der Waals surface area contributed by atoms with Gasteiger partial charge in [0.2, 0.25) is 11.8 Å². The molecule has 8 radical (unpaired) electrons. The molecule has 1 saturated heterocycles. The smallest absolute Gasteiger partial charge is 0.220 e. The SMILES string of the molecule is [B]C([B])(C#N)Nc1nc(Cl)c(C#N)c2c1CN(Cc1ccc(OC3COC3)nc1F)CC2([B])[B]. The fourth-order valence-corrected chi connectivity index (χ4v) is 4.08. The van der Waals surface area contributed by atoms with Crippen LogP contribution in [0, 0.1) is 28.6 Å². The number of ether oxygens (including phenoxy) is 2. The molecular formula is C20H14B4ClFN6O2. The zero-order valence-corrected chi connectivity index (χ0v) is 18.6. The van der Waals surface area contributed by atoms with Crippen molar-refractivity contribution in [3.63, 3.8) is 0 Å². The number of pyridine rings is 2. The van der Waals surface area contributed by atoms with Crippen molar-refractivity contribution in [1.82, 2.24) is 14.9 Å². The Morgan fingerprint density at radius 1 is 1.32 bits per heavy atom. The summed E-state index contributed by atoms with van der Waals surface area (Å²) in [5.74, 6) is -0.505. The van der Waals surface area contributed by atoms with Crippen LogP contribution < -0.4 is 10.1 Å². The summed E-state index contributed by atoms with van der Waals surface area (Å²) in [6.07, 6.45) is -0.142. The summed E-state index contributed by atoms with van der Waals surface area (Å²) < 4.78 is 25.3. The molecule has 34 heavy (non-hydrogen) atoms. The first-order chi connectivity index (χ1) is 16.0. The fraction of sp³-hybridized carbons (Fsp3) is 0.400. The normalized spacial score (nSPS) is 17.6. The van der Waals surface area contributed by atoms with Crippen LogP contribution in [0.4, 0.5) is 10.2 Å². The van der Waals surface area contributed by atoms with Gasteiger partial charge in [0.05, 0.1) is 40.5 Å². The van der Waals surface area contributed by atoms with E-state index < -0.39 is 16.5 Å². The molecule has 2 aliphatic rings. The number of nitriles is 2. The van der Waals surface area contributed by atoms with Gasteiger partial charge < -0.3 is 14.8 Å². The van der Waals surface area contributed by atoms with E-state index in [9.17, 15) is 14.9 Å². The molecule has 1 N–H and O–H groups in total. The largest absolute Gasteiger partial charge is 0.469 e. The molecule has 0 unspecified atom stereocenters. The fourth-order valence-electron chi connectivity index (χ4n) is 3.86. The van der Waals surface area contributed by atoms with E-state index in [1.54, 1.807) is 23.1 Å². The van der Waals surface area contributed by atoms with Crippen LogP contribution in [0.2, 0.25) is 5.15 Å². The van der Waals surface area contributed by atoms with Gasteiger partial charge in [-0.25, -0.2) is 4.98 Å². The van der Waals surface area contributed by atoms with Gasteiger partial charge in [0.25, 0.3) is 0 Å². The maximum Gasteiger partial charge on any atom is 0.220 e. The lowest BCUT2D eigenvalue weighted by Crippen LogP contribution is -2.48. The number of hydrogen-bond donors (Lipinski definition) is 1. The van der Waals surface area contributed by atoms with Gasteiger partial charge in [0, 0.05) is 35.6 Å². The first kappa shape index (κ1) is 24.4. The van der Waals surface area contributed by atoms with Crippen molar-refractivity contribution < 1.29 is 13.9 Å². The zero-order chi connectivity index (χ0) is 24.7. The van der Waals surface area contributed by atoms with Gasteiger partial charge in [-0.1, -0.05) is 16.8 Å². The van der Waals surface area contributed by atoms with Crippen LogP contribution in [0.1, 0.15) is 22.3 Å². The van der Waals surface area contributed by atoms with Gasteiger partial charge >= 0.3 is 0 Å². The second kappa shape index (κ2) is 9.14. The van der Waals surface area contributed by atoms with Crippen LogP contribution in [0.3, 0.4) is 0 Å². The van der Waals surface area contributed by atoms with Crippen LogP contribution in [0.25, 0.3) is 0 Å². The molecule has 0 amide bonds. The van der Waals surface area contributed by atoms with Crippen molar-refractivity contribution in [2.75, 3.05) is 25.1 Å². The number of hydrogen-bond acceptors (Lipinski definition) is 8. The number of halogens is 2. The van der Waals surface area contributed by atoms with E-state index in [4.69, 9.17) is 52.5 Å². The van der Waals surface area contributed by atoms with Gasteiger partial charge in [-0.2, -0.15) is 19.9 Å². The van der Waals surface area contributed by atoms with Crippen molar-refractivity contribution >= 4 is 48.8 Å². The Kier molecular flexibility index (Phi) is 6.56. The van der Waals surface area contributed by atoms with Crippen LogP contribution in [0.5, 0.6) is 5.88 Å². The lowest BCUT2D eigenvalue weighted by atomic mass is 9.48. The minimum absolute atomic E-state index is 0.00205. The highest BCUT2D eigenvalue weighted by atomic mass is 35.5. The third-order valence-electron chi connectivity index (χ3n) is 5.40. The maximum absolute atomic E-state index is 14.7. The third kappa shape index (κ3) is 4.88. The second-order valence-corrected chi connectivity index (χ2v) is 8.62. The Morgan fingerprint density at radius 3 is 2.65 bits per heavy atom. The molecule has 4 rings (SSSR count). The summed E-state index contributed by atoms with van der Waals surface area (Å²) in [5, 5.41) is 17.7. The standard InChI is InChI=1S/C20H14B4ClFN6O2/c21-19(22)9-32(4-10-1-2-14(29-17(10)26)34-11-6-33-7-11)5-13-15(19)12(3-27)16(25)30-18(13)31-20(23,24)8-28/h1-2,11H,4-7,9H2,(H,30,31). The Labute approximate surface area is 206 Å². The van der Waals surface area contributed by atoms with E-state index in [2.05, 4.69) is 15.3 Å². The molecule has 4 heterocycles. The van der Waals surface area contributed by atoms with Crippen LogP contribution >= 0.6 is 11.6 Å². The summed E-state index contributed by atoms with van der Waals surface area (Å²) in [7, 11) is 24.2. The molecule has 0 bridgehead atoms. The number of rotatable bonds is 6. The number of nitrogens with zero attached hydrogens (tertiary/aromatic N) is 5. The molecule has 2 aliphatic heterocycles. The van der Waals surface area contributed by atoms with E-state index in [0.717, 1.165) is 0 Å². The van der Waals surface area contributed by atoms with E-state index in [0.29, 0.717) is 18.8 Å². The highest BCUT2D eigenvalue weighted by Crippen LogP contribution is 2.39. The summed E-state index contributed by atoms with van der Waals surface area (Å²) in [6, 6.07) is 6.79. The topological polar surface area (TPSA) is 107 Å². The van der Waals surface area contributed by atoms with E-state index >= 15 is 0 Å². The summed E-state index contributed by atoms with van der Waals surface area (Å²) in [4.78, 5) is 9.75. The number of nitrogens with one attached hydrogen (secondary N) is 1. The quantitative estimate of drug-likeness (QED) is 0.479. The molecule has 0 spiro atoms. The Bertz CT molecular complexity index is 1220. The molecule has 0 saturated carbocycles. The molecule has 14 heteroatoms. The van der Waals surface area contributed by atoms with Crippen molar-refractivity contribution in [2.24, 2.45) is 0 Å². The number of anilines is 1. The molecular weight excluding hydrogens is 454 g/mol. The van der Waals surface area contributed by atoms with Crippen molar-refractivity contribution in [1.29, 1.82) is 10.5 Å². The van der Waals surface area contributed by atoms with E-state index in [1.165, 1.54) is 0 Å². The first-order valence-corrected chi connectivity index (χ1v) is 10.5. The van der Waals surface area contributed by atoms with Crippen molar-refractivity contribution in [2.45, 2.75) is 29.7 Å². The zero-order valence-electron chi connectivity index (χ0n) is 17.9. The predicted molar refractivity (Wildman–Crippen MR) is 124 cm³/mol. The van der Waals surface area contributed by atoms with Gasteiger partial charge in [-0.15, -0.1) is 0 Å².